The van der Waals surface area contributed by atoms with E-state index in [1.54, 1.807) is 18.5 Å². The number of nitrogens with one attached hydrogen (secondary N) is 1. The Labute approximate surface area is 204 Å². The molecule has 3 aromatic heterocycles. The highest BCUT2D eigenvalue weighted by Crippen LogP contribution is 2.26. The molecule has 1 amide bonds. The molecule has 0 aliphatic rings. The van der Waals surface area contributed by atoms with E-state index in [4.69, 9.17) is 4.98 Å². The molecule has 0 radical (unpaired) electrons. The summed E-state index contributed by atoms with van der Waals surface area (Å²) in [5, 5.41) is 2.95. The van der Waals surface area contributed by atoms with Gasteiger partial charge in [0.25, 0.3) is 0 Å². The molecule has 0 fully saturated rings. The first kappa shape index (κ1) is 22.3. The van der Waals surface area contributed by atoms with Crippen molar-refractivity contribution in [1.82, 2.24) is 14.4 Å². The van der Waals surface area contributed by atoms with E-state index >= 15 is 0 Å². The van der Waals surface area contributed by atoms with Gasteiger partial charge in [-0.25, -0.2) is 4.98 Å². The van der Waals surface area contributed by atoms with Crippen LogP contribution in [0.15, 0.2) is 97.5 Å². The van der Waals surface area contributed by atoms with Crippen molar-refractivity contribution in [3.05, 3.63) is 125 Å². The molecule has 0 atom stereocenters. The molecule has 5 nitrogen and oxygen atoms in total. The summed E-state index contributed by atoms with van der Waals surface area (Å²) in [6.45, 7) is 4.11. The van der Waals surface area contributed by atoms with E-state index in [2.05, 4.69) is 41.5 Å². The highest BCUT2D eigenvalue weighted by Gasteiger charge is 2.12. The second-order valence-corrected chi connectivity index (χ2v) is 8.70. The molecule has 0 bridgehead atoms. The zero-order valence-electron chi connectivity index (χ0n) is 19.8. The Morgan fingerprint density at radius 1 is 0.886 bits per heavy atom. The summed E-state index contributed by atoms with van der Waals surface area (Å²) < 4.78 is 2.01. The number of nitrogens with zero attached hydrogens (tertiary/aromatic N) is 3. The van der Waals surface area contributed by atoms with Gasteiger partial charge >= 0.3 is 0 Å². The zero-order valence-corrected chi connectivity index (χ0v) is 19.8. The predicted octanol–water partition coefficient (Wildman–Crippen LogP) is 6.26. The third kappa shape index (κ3) is 5.20. The van der Waals surface area contributed by atoms with Crippen LogP contribution in [0, 0.1) is 13.8 Å². The van der Waals surface area contributed by atoms with Crippen LogP contribution in [0.3, 0.4) is 0 Å². The lowest BCUT2D eigenvalue weighted by Crippen LogP contribution is -2.07. The topological polar surface area (TPSA) is 59.3 Å². The van der Waals surface area contributed by atoms with Crippen LogP contribution in [0.4, 0.5) is 5.69 Å². The summed E-state index contributed by atoms with van der Waals surface area (Å²) in [7, 11) is 0. The van der Waals surface area contributed by atoms with Gasteiger partial charge in [0, 0.05) is 35.9 Å². The van der Waals surface area contributed by atoms with Crippen LogP contribution in [0.5, 0.6) is 0 Å². The molecule has 172 valence electrons. The van der Waals surface area contributed by atoms with Crippen LogP contribution < -0.4 is 5.32 Å². The number of rotatable bonds is 6. The Hall–Kier alpha value is -4.51. The Kier molecular flexibility index (Phi) is 6.22. The van der Waals surface area contributed by atoms with E-state index in [1.165, 1.54) is 16.7 Å². The lowest BCUT2D eigenvalue weighted by molar-refractivity contribution is -0.111. The monoisotopic (exact) mass is 458 g/mol. The Morgan fingerprint density at radius 3 is 2.34 bits per heavy atom. The van der Waals surface area contributed by atoms with Crippen molar-refractivity contribution < 1.29 is 4.79 Å². The second kappa shape index (κ2) is 9.77. The highest BCUT2D eigenvalue weighted by molar-refractivity contribution is 6.02. The van der Waals surface area contributed by atoms with Crippen LogP contribution in [0.1, 0.15) is 27.9 Å². The van der Waals surface area contributed by atoms with Crippen molar-refractivity contribution in [2.24, 2.45) is 0 Å². The molecular formula is C30H26N4O. The molecule has 0 spiro atoms. The number of hydrogen-bond donors (Lipinski definition) is 1. The van der Waals surface area contributed by atoms with E-state index in [1.807, 2.05) is 72.1 Å². The fraction of sp³-hybridized carbons (Fsp3) is 0.100. The molecular weight excluding hydrogens is 432 g/mol. The number of pyridine rings is 2. The predicted molar refractivity (Wildman–Crippen MR) is 141 cm³/mol. The maximum absolute atomic E-state index is 12.7. The molecule has 0 aliphatic heterocycles. The minimum absolute atomic E-state index is 0.191. The normalized spacial score (nSPS) is 11.3. The second-order valence-electron chi connectivity index (χ2n) is 8.70. The van der Waals surface area contributed by atoms with Crippen molar-refractivity contribution >= 4 is 23.3 Å². The van der Waals surface area contributed by atoms with Gasteiger partial charge in [0.15, 0.2) is 0 Å². The summed E-state index contributed by atoms with van der Waals surface area (Å²) in [5.74, 6) is -0.191. The van der Waals surface area contributed by atoms with Crippen molar-refractivity contribution in [2.75, 3.05) is 5.32 Å². The van der Waals surface area contributed by atoms with Crippen LogP contribution in [-0.4, -0.2) is 20.3 Å². The quantitative estimate of drug-likeness (QED) is 0.306. The number of anilines is 1. The summed E-state index contributed by atoms with van der Waals surface area (Å²) in [4.78, 5) is 21.6. The zero-order chi connectivity index (χ0) is 24.2. The smallest absolute Gasteiger partial charge is 0.248 e. The van der Waals surface area contributed by atoms with Gasteiger partial charge in [-0.3, -0.25) is 14.2 Å². The molecule has 5 heteroatoms. The number of carbonyl (C=O) groups excluding carboxylic acids is 1. The van der Waals surface area contributed by atoms with Crippen LogP contribution in [0.25, 0.3) is 23.0 Å². The summed E-state index contributed by atoms with van der Waals surface area (Å²) >= 11 is 0. The average molecular weight is 459 g/mol. The van der Waals surface area contributed by atoms with Gasteiger partial charge in [0.2, 0.25) is 5.91 Å². The first-order chi connectivity index (χ1) is 17.0. The Balaban J connectivity index is 1.36. The average Bonchev–Trinajstić information content (AvgIpc) is 3.22. The lowest BCUT2D eigenvalue weighted by atomic mass is 10.1. The number of fused-ring (bicyclic) bond motifs is 1. The number of amides is 1. The third-order valence-electron chi connectivity index (χ3n) is 5.92. The molecule has 0 aliphatic carbocycles. The van der Waals surface area contributed by atoms with Crippen molar-refractivity contribution in [1.29, 1.82) is 0 Å². The maximum atomic E-state index is 12.7. The number of imidazole rings is 1. The largest absolute Gasteiger partial charge is 0.323 e. The molecule has 1 N–H and O–H groups in total. The number of benzene rings is 2. The SMILES string of the molecule is Cc1ccc(-c2nc3cc(C)ccn3c2/C=C/C(=O)Nc2ccc(Cc3ccncc3)cc2)cc1. The number of carbonyl (C=O) groups is 1. The first-order valence-corrected chi connectivity index (χ1v) is 11.6. The van der Waals surface area contributed by atoms with E-state index in [0.29, 0.717) is 0 Å². The molecule has 5 aromatic rings. The Bertz CT molecular complexity index is 1500. The standard InChI is InChI=1S/C30H26N4O/c1-21-3-7-25(8-4-21)30-27(34-18-15-22(2)19-28(34)33-30)11-12-29(35)32-26-9-5-23(6-10-26)20-24-13-16-31-17-14-24/h3-19H,20H2,1-2H3,(H,32,35)/b12-11+. The van der Waals surface area contributed by atoms with Gasteiger partial charge < -0.3 is 5.32 Å². The number of aryl methyl sites for hydroxylation is 2. The van der Waals surface area contributed by atoms with Crippen molar-refractivity contribution in [3.63, 3.8) is 0 Å². The van der Waals surface area contributed by atoms with E-state index < -0.39 is 0 Å². The summed E-state index contributed by atoms with van der Waals surface area (Å²) in [6.07, 6.45) is 9.81. The number of hydrogen-bond acceptors (Lipinski definition) is 3. The molecule has 0 saturated carbocycles. The number of aromatic nitrogens is 3. The van der Waals surface area contributed by atoms with Crippen molar-refractivity contribution in [3.8, 4) is 11.3 Å². The van der Waals surface area contributed by atoms with Gasteiger partial charge in [-0.2, -0.15) is 0 Å². The van der Waals surface area contributed by atoms with E-state index in [9.17, 15) is 4.79 Å². The van der Waals surface area contributed by atoms with Gasteiger partial charge in [-0.15, -0.1) is 0 Å². The highest BCUT2D eigenvalue weighted by atomic mass is 16.1. The fourth-order valence-corrected chi connectivity index (χ4v) is 4.03. The summed E-state index contributed by atoms with van der Waals surface area (Å²) in [5.41, 5.74) is 9.04. The minimum atomic E-state index is -0.191. The molecule has 35 heavy (non-hydrogen) atoms. The maximum Gasteiger partial charge on any atom is 0.248 e. The van der Waals surface area contributed by atoms with E-state index in [0.717, 1.165) is 40.3 Å². The van der Waals surface area contributed by atoms with Crippen LogP contribution in [0.2, 0.25) is 0 Å². The third-order valence-corrected chi connectivity index (χ3v) is 5.92. The van der Waals surface area contributed by atoms with Gasteiger partial charge in [0.05, 0.1) is 11.4 Å². The summed E-state index contributed by atoms with van der Waals surface area (Å²) in [6, 6.07) is 24.3. The lowest BCUT2D eigenvalue weighted by Gasteiger charge is -2.06. The van der Waals surface area contributed by atoms with Gasteiger partial charge in [0.1, 0.15) is 5.65 Å². The Morgan fingerprint density at radius 2 is 1.60 bits per heavy atom. The molecule has 2 aromatic carbocycles. The van der Waals surface area contributed by atoms with Crippen LogP contribution >= 0.6 is 0 Å². The van der Waals surface area contributed by atoms with Crippen molar-refractivity contribution in [2.45, 2.75) is 20.3 Å². The molecule has 5 rings (SSSR count). The van der Waals surface area contributed by atoms with Gasteiger partial charge in [-0.1, -0.05) is 42.0 Å². The molecule has 0 saturated heterocycles. The van der Waals surface area contributed by atoms with Gasteiger partial charge in [-0.05, 0) is 79.4 Å². The van der Waals surface area contributed by atoms with E-state index in [-0.39, 0.29) is 5.91 Å². The minimum Gasteiger partial charge on any atom is -0.323 e. The molecule has 0 unspecified atom stereocenters. The first-order valence-electron chi connectivity index (χ1n) is 11.6. The fourth-order valence-electron chi connectivity index (χ4n) is 4.03. The van der Waals surface area contributed by atoms with Crippen LogP contribution in [-0.2, 0) is 11.2 Å². The molecule has 3 heterocycles.